The van der Waals surface area contributed by atoms with E-state index in [1.54, 1.807) is 6.08 Å². The van der Waals surface area contributed by atoms with Crippen LogP contribution in [-0.4, -0.2) is 25.5 Å². The average molecular weight is 352 g/mol. The lowest BCUT2D eigenvalue weighted by atomic mass is 10.1. The van der Waals surface area contributed by atoms with E-state index in [0.29, 0.717) is 5.75 Å². The molecule has 134 valence electrons. The number of allylic oxidation sites excluding steroid dienone is 1. The zero-order valence-electron chi connectivity index (χ0n) is 14.7. The zero-order valence-corrected chi connectivity index (χ0v) is 14.7. The van der Waals surface area contributed by atoms with Crippen molar-refractivity contribution in [3.63, 3.8) is 0 Å². The summed E-state index contributed by atoms with van der Waals surface area (Å²) in [7, 11) is 0. The third-order valence-corrected chi connectivity index (χ3v) is 3.95. The van der Waals surface area contributed by atoms with Crippen LogP contribution < -0.4 is 19.6 Å². The van der Waals surface area contributed by atoms with Crippen LogP contribution in [0.4, 0.5) is 0 Å². The van der Waals surface area contributed by atoms with Crippen LogP contribution in [0, 0.1) is 13.8 Å². The molecule has 0 saturated carbocycles. The molecule has 1 aliphatic rings. The summed E-state index contributed by atoms with van der Waals surface area (Å²) in [5.41, 5.74) is 5.52. The predicted octanol–water partition coefficient (Wildman–Crippen LogP) is 3.23. The van der Waals surface area contributed by atoms with Gasteiger partial charge in [0, 0.05) is 6.21 Å². The van der Waals surface area contributed by atoms with E-state index >= 15 is 0 Å². The van der Waals surface area contributed by atoms with Crippen LogP contribution in [0.1, 0.15) is 16.7 Å². The Morgan fingerprint density at radius 3 is 2.96 bits per heavy atom. The first-order valence-electron chi connectivity index (χ1n) is 8.21. The number of benzene rings is 2. The summed E-state index contributed by atoms with van der Waals surface area (Å²) in [6.45, 7) is 4.12. The first kappa shape index (κ1) is 17.5. The van der Waals surface area contributed by atoms with Crippen molar-refractivity contribution in [3.05, 3.63) is 59.2 Å². The molecular weight excluding hydrogens is 332 g/mol. The summed E-state index contributed by atoms with van der Waals surface area (Å²) in [5.74, 6) is 1.85. The number of hydrazone groups is 1. The molecule has 26 heavy (non-hydrogen) atoms. The quantitative estimate of drug-likeness (QED) is 0.640. The van der Waals surface area contributed by atoms with E-state index < -0.39 is 0 Å². The molecular formula is C20H20N2O4. The van der Waals surface area contributed by atoms with E-state index in [9.17, 15) is 4.79 Å². The Hall–Kier alpha value is -3.28. The molecule has 0 unspecified atom stereocenters. The summed E-state index contributed by atoms with van der Waals surface area (Å²) in [4.78, 5) is 11.8. The van der Waals surface area contributed by atoms with Crippen molar-refractivity contribution in [1.82, 2.24) is 5.43 Å². The van der Waals surface area contributed by atoms with E-state index in [1.807, 2.05) is 56.3 Å². The van der Waals surface area contributed by atoms with Crippen LogP contribution in [0.3, 0.4) is 0 Å². The van der Waals surface area contributed by atoms with Gasteiger partial charge in [0.05, 0.1) is 0 Å². The van der Waals surface area contributed by atoms with Crippen molar-refractivity contribution < 1.29 is 19.0 Å². The number of carbonyl (C=O) groups is 1. The van der Waals surface area contributed by atoms with Gasteiger partial charge in [0.1, 0.15) is 5.75 Å². The fourth-order valence-corrected chi connectivity index (χ4v) is 2.38. The predicted molar refractivity (Wildman–Crippen MR) is 99.6 cm³/mol. The number of amides is 1. The molecule has 0 atom stereocenters. The Bertz CT molecular complexity index is 859. The molecule has 0 fully saturated rings. The second kappa shape index (κ2) is 8.20. The molecule has 0 saturated heterocycles. The van der Waals surface area contributed by atoms with Crippen molar-refractivity contribution in [2.24, 2.45) is 5.10 Å². The number of aryl methyl sites for hydroxylation is 1. The van der Waals surface area contributed by atoms with Gasteiger partial charge in [-0.3, -0.25) is 4.79 Å². The van der Waals surface area contributed by atoms with Crippen molar-refractivity contribution in [2.75, 3.05) is 13.4 Å². The average Bonchev–Trinajstić information content (AvgIpc) is 3.10. The number of carbonyl (C=O) groups excluding carboxylic acids is 1. The number of nitrogens with zero attached hydrogens (tertiary/aromatic N) is 1. The van der Waals surface area contributed by atoms with Gasteiger partial charge in [0.15, 0.2) is 18.1 Å². The van der Waals surface area contributed by atoms with Gasteiger partial charge in [-0.05, 0) is 54.8 Å². The Morgan fingerprint density at radius 1 is 1.23 bits per heavy atom. The molecule has 1 amide bonds. The monoisotopic (exact) mass is 352 g/mol. The van der Waals surface area contributed by atoms with Gasteiger partial charge in [-0.25, -0.2) is 5.43 Å². The van der Waals surface area contributed by atoms with Crippen LogP contribution in [0.15, 0.2) is 47.6 Å². The maximum Gasteiger partial charge on any atom is 0.277 e. The number of fused-ring (bicyclic) bond motifs is 1. The minimum atomic E-state index is -0.321. The molecule has 2 aromatic rings. The molecule has 3 rings (SSSR count). The number of hydrogen-bond donors (Lipinski definition) is 1. The zero-order chi connectivity index (χ0) is 18.4. The maximum atomic E-state index is 11.8. The van der Waals surface area contributed by atoms with Gasteiger partial charge < -0.3 is 14.2 Å². The summed E-state index contributed by atoms with van der Waals surface area (Å²) in [5, 5.41) is 3.86. The number of ether oxygens (including phenoxy) is 3. The second-order valence-electron chi connectivity index (χ2n) is 5.77. The standard InChI is InChI=1S/C20H20N2O4/c1-14-5-3-7-17(15(14)2)24-12-20(23)22-21-10-4-6-16-8-9-18-19(11-16)26-13-25-18/h3-11H,12-13H2,1-2H3,(H,22,23)/b6-4+,21-10+. The highest BCUT2D eigenvalue weighted by Crippen LogP contribution is 2.32. The summed E-state index contributed by atoms with van der Waals surface area (Å²) in [6.07, 6.45) is 5.08. The van der Waals surface area contributed by atoms with Crippen molar-refractivity contribution in [1.29, 1.82) is 0 Å². The molecule has 0 aromatic heterocycles. The van der Waals surface area contributed by atoms with E-state index in [4.69, 9.17) is 14.2 Å². The molecule has 0 aliphatic carbocycles. The molecule has 1 heterocycles. The fraction of sp³-hybridized carbons (Fsp3) is 0.200. The van der Waals surface area contributed by atoms with Gasteiger partial charge in [-0.2, -0.15) is 5.10 Å². The molecule has 1 aliphatic heterocycles. The third-order valence-electron chi connectivity index (χ3n) is 3.95. The molecule has 2 aromatic carbocycles. The van der Waals surface area contributed by atoms with Gasteiger partial charge in [-0.15, -0.1) is 0 Å². The smallest absolute Gasteiger partial charge is 0.277 e. The Kier molecular flexibility index (Phi) is 5.53. The number of rotatable bonds is 6. The summed E-state index contributed by atoms with van der Waals surface area (Å²) in [6, 6.07) is 11.4. The SMILES string of the molecule is Cc1cccc(OCC(=O)N/N=C/C=C/c2ccc3c(c2)OCO3)c1C. The normalized spacial score (nSPS) is 12.7. The first-order valence-corrected chi connectivity index (χ1v) is 8.21. The maximum absolute atomic E-state index is 11.8. The highest BCUT2D eigenvalue weighted by atomic mass is 16.7. The van der Waals surface area contributed by atoms with E-state index in [-0.39, 0.29) is 19.3 Å². The van der Waals surface area contributed by atoms with Gasteiger partial charge >= 0.3 is 0 Å². The molecule has 6 nitrogen and oxygen atoms in total. The van der Waals surface area contributed by atoms with Gasteiger partial charge in [-0.1, -0.05) is 24.3 Å². The van der Waals surface area contributed by atoms with Gasteiger partial charge in [0.25, 0.3) is 5.91 Å². The number of hydrogen-bond acceptors (Lipinski definition) is 5. The lowest BCUT2D eigenvalue weighted by Gasteiger charge is -2.09. The fourth-order valence-electron chi connectivity index (χ4n) is 2.38. The topological polar surface area (TPSA) is 69.2 Å². The lowest BCUT2D eigenvalue weighted by Crippen LogP contribution is -2.24. The number of nitrogens with one attached hydrogen (secondary N) is 1. The van der Waals surface area contributed by atoms with E-state index in [1.165, 1.54) is 6.21 Å². The third kappa shape index (κ3) is 4.42. The Balaban J connectivity index is 1.44. The van der Waals surface area contributed by atoms with E-state index in [0.717, 1.165) is 28.2 Å². The highest BCUT2D eigenvalue weighted by Gasteiger charge is 2.12. The summed E-state index contributed by atoms with van der Waals surface area (Å²) < 4.78 is 16.1. The first-order chi connectivity index (χ1) is 12.6. The largest absolute Gasteiger partial charge is 0.483 e. The second-order valence-corrected chi connectivity index (χ2v) is 5.77. The van der Waals surface area contributed by atoms with Crippen LogP contribution in [0.25, 0.3) is 6.08 Å². The van der Waals surface area contributed by atoms with E-state index in [2.05, 4.69) is 10.5 Å². The molecule has 1 N–H and O–H groups in total. The summed E-state index contributed by atoms with van der Waals surface area (Å²) >= 11 is 0. The van der Waals surface area contributed by atoms with Crippen LogP contribution >= 0.6 is 0 Å². The molecule has 0 radical (unpaired) electrons. The molecule has 0 spiro atoms. The Labute approximate surface area is 152 Å². The Morgan fingerprint density at radius 2 is 2.08 bits per heavy atom. The van der Waals surface area contributed by atoms with Crippen LogP contribution in [0.5, 0.6) is 17.2 Å². The molecule has 6 heteroatoms. The van der Waals surface area contributed by atoms with Crippen molar-refractivity contribution >= 4 is 18.2 Å². The highest BCUT2D eigenvalue weighted by molar-refractivity contribution is 5.82. The van der Waals surface area contributed by atoms with Crippen LogP contribution in [0.2, 0.25) is 0 Å². The minimum absolute atomic E-state index is 0.0898. The van der Waals surface area contributed by atoms with Crippen LogP contribution in [-0.2, 0) is 4.79 Å². The minimum Gasteiger partial charge on any atom is -0.483 e. The lowest BCUT2D eigenvalue weighted by molar-refractivity contribution is -0.123. The van der Waals surface area contributed by atoms with Crippen molar-refractivity contribution in [2.45, 2.75) is 13.8 Å². The molecule has 0 bridgehead atoms. The van der Waals surface area contributed by atoms with Gasteiger partial charge in [0.2, 0.25) is 6.79 Å². The van der Waals surface area contributed by atoms with Crippen molar-refractivity contribution in [3.8, 4) is 17.2 Å².